The number of aromatic nitrogens is 4. The highest BCUT2D eigenvalue weighted by atomic mass is 16.3. The number of hydrogen-bond acceptors (Lipinski definition) is 7. The Morgan fingerprint density at radius 3 is 2.69 bits per heavy atom. The van der Waals surface area contributed by atoms with Crippen LogP contribution < -0.4 is 10.2 Å². The molecule has 8 nitrogen and oxygen atoms in total. The van der Waals surface area contributed by atoms with Gasteiger partial charge in [0.15, 0.2) is 0 Å². The molecule has 35 heavy (non-hydrogen) atoms. The normalized spacial score (nSPS) is 17.3. The van der Waals surface area contributed by atoms with Gasteiger partial charge >= 0.3 is 0 Å². The monoisotopic (exact) mass is 467 g/mol. The van der Waals surface area contributed by atoms with Crippen molar-refractivity contribution in [1.82, 2.24) is 24.4 Å². The summed E-state index contributed by atoms with van der Waals surface area (Å²) in [5, 5.41) is 13.7. The van der Waals surface area contributed by atoms with E-state index in [1.807, 2.05) is 35.9 Å². The van der Waals surface area contributed by atoms with Gasteiger partial charge in [0.05, 0.1) is 18.3 Å². The van der Waals surface area contributed by atoms with Gasteiger partial charge in [-0.3, -0.25) is 0 Å². The van der Waals surface area contributed by atoms with E-state index in [9.17, 15) is 5.11 Å². The van der Waals surface area contributed by atoms with Gasteiger partial charge in [0.2, 0.25) is 5.95 Å². The van der Waals surface area contributed by atoms with E-state index in [1.165, 1.54) is 5.56 Å². The number of hydrogen-bond donors (Lipinski definition) is 2. The molecule has 0 saturated heterocycles. The van der Waals surface area contributed by atoms with E-state index in [0.717, 1.165) is 65.9 Å². The van der Waals surface area contributed by atoms with E-state index in [-0.39, 0.29) is 12.6 Å². The first-order valence-corrected chi connectivity index (χ1v) is 12.0. The lowest BCUT2D eigenvalue weighted by Crippen LogP contribution is -2.35. The molecule has 2 N–H and O–H groups in total. The van der Waals surface area contributed by atoms with Gasteiger partial charge in [-0.2, -0.15) is 4.98 Å². The number of rotatable bonds is 5. The number of nitrogens with one attached hydrogen (secondary N) is 1. The summed E-state index contributed by atoms with van der Waals surface area (Å²) in [6, 6.07) is 16.5. The third-order valence-corrected chi connectivity index (χ3v) is 6.97. The molecule has 6 rings (SSSR count). The zero-order chi connectivity index (χ0) is 23.9. The Kier molecular flexibility index (Phi) is 5.47. The number of anilines is 4. The minimum Gasteiger partial charge on any atom is -0.394 e. The summed E-state index contributed by atoms with van der Waals surface area (Å²) in [4.78, 5) is 18.8. The molecule has 178 valence electrons. The SMILES string of the molecule is Cc1nccn1-c1ccc(Nc2nc3c(c(N4c5ccccc5C[C@H]4CO)n2)CN(C)CC3)cc1. The Hall–Kier alpha value is -3.75. The van der Waals surface area contributed by atoms with Gasteiger partial charge in [0, 0.05) is 54.5 Å². The lowest BCUT2D eigenvalue weighted by Gasteiger charge is -2.32. The fourth-order valence-electron chi connectivity index (χ4n) is 5.17. The molecule has 0 bridgehead atoms. The number of aryl methyl sites for hydroxylation is 1. The molecule has 0 aliphatic carbocycles. The smallest absolute Gasteiger partial charge is 0.229 e. The molecule has 1 atom stereocenters. The van der Waals surface area contributed by atoms with Gasteiger partial charge in [-0.15, -0.1) is 0 Å². The highest BCUT2D eigenvalue weighted by Crippen LogP contribution is 2.41. The Morgan fingerprint density at radius 2 is 1.91 bits per heavy atom. The fraction of sp³-hybridized carbons (Fsp3) is 0.296. The third kappa shape index (κ3) is 3.94. The van der Waals surface area contributed by atoms with Crippen molar-refractivity contribution in [2.75, 3.05) is 30.4 Å². The molecular formula is C27H29N7O. The number of aliphatic hydroxyl groups excluding tert-OH is 1. The van der Waals surface area contributed by atoms with Crippen LogP contribution in [0.1, 0.15) is 22.6 Å². The molecule has 4 heterocycles. The van der Waals surface area contributed by atoms with Crippen molar-refractivity contribution >= 4 is 23.1 Å². The van der Waals surface area contributed by atoms with E-state index < -0.39 is 0 Å². The summed E-state index contributed by atoms with van der Waals surface area (Å²) < 4.78 is 2.05. The van der Waals surface area contributed by atoms with Crippen molar-refractivity contribution < 1.29 is 5.11 Å². The molecule has 4 aromatic rings. The average molecular weight is 468 g/mol. The van der Waals surface area contributed by atoms with Gasteiger partial charge in [-0.05, 0) is 56.3 Å². The first-order valence-electron chi connectivity index (χ1n) is 12.0. The molecule has 8 heteroatoms. The molecule has 0 spiro atoms. The van der Waals surface area contributed by atoms with Crippen LogP contribution in [0.3, 0.4) is 0 Å². The molecule has 2 aromatic heterocycles. The second-order valence-electron chi connectivity index (χ2n) is 9.34. The number of para-hydroxylation sites is 1. The maximum absolute atomic E-state index is 10.2. The van der Waals surface area contributed by atoms with Crippen LogP contribution >= 0.6 is 0 Å². The molecule has 0 amide bonds. The van der Waals surface area contributed by atoms with E-state index in [2.05, 4.69) is 57.5 Å². The summed E-state index contributed by atoms with van der Waals surface area (Å²) in [5.41, 5.74) is 6.55. The summed E-state index contributed by atoms with van der Waals surface area (Å²) >= 11 is 0. The Balaban J connectivity index is 1.38. The molecule has 0 radical (unpaired) electrons. The number of benzene rings is 2. The number of aliphatic hydroxyl groups is 1. The minimum absolute atomic E-state index is 0.0378. The van der Waals surface area contributed by atoms with Crippen LogP contribution in [0.15, 0.2) is 60.9 Å². The maximum atomic E-state index is 10.2. The van der Waals surface area contributed by atoms with Crippen LogP contribution in [0.4, 0.5) is 23.1 Å². The second kappa shape index (κ2) is 8.79. The molecule has 0 saturated carbocycles. The first kappa shape index (κ1) is 21.8. The Bertz CT molecular complexity index is 1360. The van der Waals surface area contributed by atoms with Crippen LogP contribution in [0.25, 0.3) is 5.69 Å². The highest BCUT2D eigenvalue weighted by Gasteiger charge is 2.34. The number of imidazole rings is 1. The first-order chi connectivity index (χ1) is 17.1. The highest BCUT2D eigenvalue weighted by molar-refractivity contribution is 5.73. The predicted octanol–water partition coefficient (Wildman–Crippen LogP) is 3.76. The summed E-state index contributed by atoms with van der Waals surface area (Å²) in [7, 11) is 2.13. The van der Waals surface area contributed by atoms with Crippen molar-refractivity contribution in [2.24, 2.45) is 0 Å². The van der Waals surface area contributed by atoms with Crippen LogP contribution in [-0.2, 0) is 19.4 Å². The van der Waals surface area contributed by atoms with E-state index in [4.69, 9.17) is 9.97 Å². The third-order valence-electron chi connectivity index (χ3n) is 6.97. The van der Waals surface area contributed by atoms with Crippen LogP contribution in [-0.4, -0.2) is 55.8 Å². The van der Waals surface area contributed by atoms with Gasteiger partial charge < -0.3 is 24.8 Å². The standard InChI is InChI=1S/C27H29N7O/c1-18-28-12-14-33(18)21-9-7-20(8-10-21)29-27-30-24-11-13-32(2)16-23(24)26(31-27)34-22(17-35)15-19-5-3-4-6-25(19)34/h3-10,12,14,22,35H,11,13,15-17H2,1-2H3,(H,29,30,31)/t22-/m0/s1. The van der Waals surface area contributed by atoms with Crippen LogP contribution in [0.2, 0.25) is 0 Å². The summed E-state index contributed by atoms with van der Waals surface area (Å²) in [6.45, 7) is 3.81. The zero-order valence-corrected chi connectivity index (χ0v) is 20.0. The molecular weight excluding hydrogens is 438 g/mol. The van der Waals surface area contributed by atoms with E-state index >= 15 is 0 Å². The second-order valence-corrected chi connectivity index (χ2v) is 9.34. The topological polar surface area (TPSA) is 82.3 Å². The fourth-order valence-corrected chi connectivity index (χ4v) is 5.17. The van der Waals surface area contributed by atoms with Crippen LogP contribution in [0.5, 0.6) is 0 Å². The zero-order valence-electron chi connectivity index (χ0n) is 20.0. The molecule has 2 aliphatic heterocycles. The summed E-state index contributed by atoms with van der Waals surface area (Å²) in [5.74, 6) is 2.41. The predicted molar refractivity (Wildman–Crippen MR) is 137 cm³/mol. The molecule has 0 fully saturated rings. The number of nitrogens with zero attached hydrogens (tertiary/aromatic N) is 6. The number of fused-ring (bicyclic) bond motifs is 2. The minimum atomic E-state index is -0.0378. The summed E-state index contributed by atoms with van der Waals surface area (Å²) in [6.07, 6.45) is 5.43. The van der Waals surface area contributed by atoms with Crippen molar-refractivity contribution in [3.63, 3.8) is 0 Å². The van der Waals surface area contributed by atoms with Crippen molar-refractivity contribution in [3.05, 3.63) is 83.6 Å². The number of likely N-dealkylation sites (N-methyl/N-ethyl adjacent to an activating group) is 1. The largest absolute Gasteiger partial charge is 0.394 e. The molecule has 2 aromatic carbocycles. The van der Waals surface area contributed by atoms with Gasteiger partial charge in [0.25, 0.3) is 0 Å². The Labute approximate surface area is 204 Å². The van der Waals surface area contributed by atoms with E-state index in [0.29, 0.717) is 5.95 Å². The van der Waals surface area contributed by atoms with Crippen molar-refractivity contribution in [1.29, 1.82) is 0 Å². The van der Waals surface area contributed by atoms with Crippen molar-refractivity contribution in [2.45, 2.75) is 32.4 Å². The molecule has 0 unspecified atom stereocenters. The lowest BCUT2D eigenvalue weighted by atomic mass is 10.1. The van der Waals surface area contributed by atoms with Gasteiger partial charge in [-0.25, -0.2) is 9.97 Å². The maximum Gasteiger partial charge on any atom is 0.229 e. The molecule has 2 aliphatic rings. The van der Waals surface area contributed by atoms with E-state index in [1.54, 1.807) is 6.20 Å². The lowest BCUT2D eigenvalue weighted by molar-refractivity contribution is 0.267. The van der Waals surface area contributed by atoms with Crippen LogP contribution in [0, 0.1) is 6.92 Å². The Morgan fingerprint density at radius 1 is 1.09 bits per heavy atom. The van der Waals surface area contributed by atoms with Gasteiger partial charge in [0.1, 0.15) is 11.6 Å². The average Bonchev–Trinajstić information content (AvgIpc) is 3.47. The van der Waals surface area contributed by atoms with Gasteiger partial charge in [-0.1, -0.05) is 18.2 Å². The quantitative estimate of drug-likeness (QED) is 0.463. The van der Waals surface area contributed by atoms with Crippen molar-refractivity contribution in [3.8, 4) is 5.69 Å².